The number of aliphatic hydroxyl groups excluding tert-OH is 2. The minimum Gasteiger partial charge on any atom is -0.395 e. The second-order valence-electron chi connectivity index (χ2n) is 4.77. The largest absolute Gasteiger partial charge is 0.395 e. The Balaban J connectivity index is 2.79. The van der Waals surface area contributed by atoms with E-state index in [0.717, 1.165) is 24.0 Å². The SMILES string of the molecule is CCOCCCC(CO)(CO)c1cccc(C)c1. The van der Waals surface area contributed by atoms with Crippen LogP contribution in [0.2, 0.25) is 0 Å². The van der Waals surface area contributed by atoms with Crippen molar-refractivity contribution in [1.29, 1.82) is 0 Å². The van der Waals surface area contributed by atoms with E-state index in [2.05, 4.69) is 0 Å². The molecule has 0 aliphatic carbocycles. The maximum atomic E-state index is 9.68. The zero-order chi connectivity index (χ0) is 13.4. The van der Waals surface area contributed by atoms with Crippen LogP contribution < -0.4 is 0 Å². The number of hydrogen-bond donors (Lipinski definition) is 2. The predicted molar refractivity (Wildman–Crippen MR) is 72.8 cm³/mol. The highest BCUT2D eigenvalue weighted by molar-refractivity contribution is 5.30. The molecule has 0 atom stereocenters. The van der Waals surface area contributed by atoms with Gasteiger partial charge in [0.1, 0.15) is 0 Å². The third-order valence-corrected chi connectivity index (χ3v) is 3.38. The summed E-state index contributed by atoms with van der Waals surface area (Å²) in [5.74, 6) is 0. The summed E-state index contributed by atoms with van der Waals surface area (Å²) in [6.07, 6.45) is 1.56. The summed E-state index contributed by atoms with van der Waals surface area (Å²) in [6, 6.07) is 7.99. The summed E-state index contributed by atoms with van der Waals surface area (Å²) >= 11 is 0. The first-order valence-electron chi connectivity index (χ1n) is 6.55. The quantitative estimate of drug-likeness (QED) is 0.696. The Bertz CT molecular complexity index is 345. The molecule has 1 aromatic carbocycles. The van der Waals surface area contributed by atoms with Gasteiger partial charge in [0.15, 0.2) is 0 Å². The predicted octanol–water partition coefficient (Wildman–Crippen LogP) is 2.03. The molecule has 1 rings (SSSR count). The first-order chi connectivity index (χ1) is 8.68. The van der Waals surface area contributed by atoms with Crippen molar-refractivity contribution in [2.24, 2.45) is 0 Å². The number of ether oxygens (including phenoxy) is 1. The van der Waals surface area contributed by atoms with Gasteiger partial charge in [-0.25, -0.2) is 0 Å². The van der Waals surface area contributed by atoms with Crippen LogP contribution in [0.15, 0.2) is 24.3 Å². The molecule has 0 saturated carbocycles. The van der Waals surface area contributed by atoms with E-state index >= 15 is 0 Å². The van der Waals surface area contributed by atoms with Gasteiger partial charge in [-0.15, -0.1) is 0 Å². The van der Waals surface area contributed by atoms with Crippen molar-refractivity contribution in [2.45, 2.75) is 32.1 Å². The second-order valence-corrected chi connectivity index (χ2v) is 4.77. The van der Waals surface area contributed by atoms with E-state index in [1.54, 1.807) is 0 Å². The molecule has 0 spiro atoms. The van der Waals surface area contributed by atoms with Crippen LogP contribution in [0.25, 0.3) is 0 Å². The van der Waals surface area contributed by atoms with E-state index in [9.17, 15) is 10.2 Å². The molecule has 3 heteroatoms. The minimum absolute atomic E-state index is 0.0426. The van der Waals surface area contributed by atoms with Crippen LogP contribution >= 0.6 is 0 Å². The van der Waals surface area contributed by atoms with E-state index in [4.69, 9.17) is 4.74 Å². The molecule has 18 heavy (non-hydrogen) atoms. The van der Waals surface area contributed by atoms with Crippen molar-refractivity contribution in [3.8, 4) is 0 Å². The maximum Gasteiger partial charge on any atom is 0.0550 e. The van der Waals surface area contributed by atoms with Gasteiger partial charge in [-0.2, -0.15) is 0 Å². The van der Waals surface area contributed by atoms with Gasteiger partial charge in [0.2, 0.25) is 0 Å². The van der Waals surface area contributed by atoms with Gasteiger partial charge in [-0.1, -0.05) is 29.8 Å². The minimum atomic E-state index is -0.552. The standard InChI is InChI=1S/C15H24O3/c1-3-18-9-5-8-15(11-16,12-17)14-7-4-6-13(2)10-14/h4,6-7,10,16-17H,3,5,8-9,11-12H2,1-2H3. The van der Waals surface area contributed by atoms with E-state index in [0.29, 0.717) is 13.2 Å². The number of hydrogen-bond acceptors (Lipinski definition) is 3. The monoisotopic (exact) mass is 252 g/mol. The van der Waals surface area contributed by atoms with Crippen molar-refractivity contribution in [1.82, 2.24) is 0 Å². The van der Waals surface area contributed by atoms with Crippen molar-refractivity contribution in [3.05, 3.63) is 35.4 Å². The lowest BCUT2D eigenvalue weighted by atomic mass is 9.77. The molecule has 3 nitrogen and oxygen atoms in total. The summed E-state index contributed by atoms with van der Waals surface area (Å²) in [7, 11) is 0. The zero-order valence-electron chi connectivity index (χ0n) is 11.4. The van der Waals surface area contributed by atoms with Gasteiger partial charge in [0.05, 0.1) is 13.2 Å². The highest BCUT2D eigenvalue weighted by Crippen LogP contribution is 2.29. The molecule has 0 bridgehead atoms. The van der Waals surface area contributed by atoms with Crippen molar-refractivity contribution >= 4 is 0 Å². The smallest absolute Gasteiger partial charge is 0.0550 e. The number of aryl methyl sites for hydroxylation is 1. The van der Waals surface area contributed by atoms with Crippen LogP contribution in [0.1, 0.15) is 30.9 Å². The van der Waals surface area contributed by atoms with Crippen LogP contribution in [-0.2, 0) is 10.2 Å². The molecule has 0 radical (unpaired) electrons. The molecule has 0 fully saturated rings. The molecule has 2 N–H and O–H groups in total. The van der Waals surface area contributed by atoms with Crippen molar-refractivity contribution < 1.29 is 14.9 Å². The van der Waals surface area contributed by atoms with Gasteiger partial charge < -0.3 is 14.9 Å². The second kappa shape index (κ2) is 7.52. The van der Waals surface area contributed by atoms with Crippen LogP contribution in [-0.4, -0.2) is 36.6 Å². The molecule has 0 aliphatic rings. The summed E-state index contributed by atoms with van der Waals surface area (Å²) in [5, 5.41) is 19.4. The fourth-order valence-corrected chi connectivity index (χ4v) is 2.17. The van der Waals surface area contributed by atoms with Crippen molar-refractivity contribution in [3.63, 3.8) is 0 Å². The van der Waals surface area contributed by atoms with E-state index < -0.39 is 5.41 Å². The lowest BCUT2D eigenvalue weighted by molar-refractivity contribution is 0.0892. The molecule has 0 amide bonds. The van der Waals surface area contributed by atoms with E-state index in [-0.39, 0.29) is 13.2 Å². The number of benzene rings is 1. The fourth-order valence-electron chi connectivity index (χ4n) is 2.17. The molecule has 0 aromatic heterocycles. The molecule has 0 unspecified atom stereocenters. The lowest BCUT2D eigenvalue weighted by Gasteiger charge is -2.30. The number of aliphatic hydroxyl groups is 2. The van der Waals surface area contributed by atoms with Crippen LogP contribution in [0.5, 0.6) is 0 Å². The first kappa shape index (κ1) is 15.2. The Kier molecular flexibility index (Phi) is 6.33. The normalized spacial score (nSPS) is 11.8. The van der Waals surface area contributed by atoms with E-state index in [1.807, 2.05) is 38.1 Å². The fraction of sp³-hybridized carbons (Fsp3) is 0.600. The van der Waals surface area contributed by atoms with Gasteiger partial charge in [-0.05, 0) is 32.3 Å². The van der Waals surface area contributed by atoms with Crippen LogP contribution in [0, 0.1) is 6.92 Å². The Hall–Kier alpha value is -0.900. The summed E-state index contributed by atoms with van der Waals surface area (Å²) < 4.78 is 5.31. The average molecular weight is 252 g/mol. The lowest BCUT2D eigenvalue weighted by Crippen LogP contribution is -2.35. The molecule has 0 aliphatic heterocycles. The topological polar surface area (TPSA) is 49.7 Å². The van der Waals surface area contributed by atoms with Crippen LogP contribution in [0.4, 0.5) is 0 Å². The third kappa shape index (κ3) is 3.80. The Morgan fingerprint density at radius 2 is 1.94 bits per heavy atom. The van der Waals surface area contributed by atoms with Gasteiger partial charge >= 0.3 is 0 Å². The van der Waals surface area contributed by atoms with Gasteiger partial charge in [-0.3, -0.25) is 0 Å². The maximum absolute atomic E-state index is 9.68. The molecule has 0 heterocycles. The Morgan fingerprint density at radius 1 is 1.22 bits per heavy atom. The van der Waals surface area contributed by atoms with Gasteiger partial charge in [0.25, 0.3) is 0 Å². The molecular formula is C15H24O3. The molecule has 0 saturated heterocycles. The average Bonchev–Trinajstić information content (AvgIpc) is 2.40. The molecular weight excluding hydrogens is 228 g/mol. The van der Waals surface area contributed by atoms with E-state index in [1.165, 1.54) is 0 Å². The molecule has 1 aromatic rings. The summed E-state index contributed by atoms with van der Waals surface area (Å²) in [5.41, 5.74) is 1.59. The Labute approximate surface area is 109 Å². The highest BCUT2D eigenvalue weighted by Gasteiger charge is 2.30. The summed E-state index contributed by atoms with van der Waals surface area (Å²) in [4.78, 5) is 0. The van der Waals surface area contributed by atoms with Crippen molar-refractivity contribution in [2.75, 3.05) is 26.4 Å². The highest BCUT2D eigenvalue weighted by atomic mass is 16.5. The molecule has 102 valence electrons. The third-order valence-electron chi connectivity index (χ3n) is 3.38. The summed E-state index contributed by atoms with van der Waals surface area (Å²) in [6.45, 7) is 5.27. The zero-order valence-corrected chi connectivity index (χ0v) is 11.4. The van der Waals surface area contributed by atoms with Gasteiger partial charge in [0, 0.05) is 18.6 Å². The first-order valence-corrected chi connectivity index (χ1v) is 6.55. The van der Waals surface area contributed by atoms with Crippen LogP contribution in [0.3, 0.4) is 0 Å². The number of rotatable bonds is 8. The Morgan fingerprint density at radius 3 is 2.50 bits per heavy atom.